The molecule has 92 valence electrons. The topological polar surface area (TPSA) is 17.0 Å². The van der Waals surface area contributed by atoms with Gasteiger partial charge in [-0.05, 0) is 30.7 Å². The van der Waals surface area contributed by atoms with Crippen molar-refractivity contribution < 1.29 is 0 Å². The van der Waals surface area contributed by atoms with Gasteiger partial charge in [0.25, 0.3) is 0 Å². The number of nitrogens with one attached hydrogen (secondary N) is 1. The third-order valence-corrected chi connectivity index (χ3v) is 3.22. The van der Waals surface area contributed by atoms with Gasteiger partial charge in [-0.15, -0.1) is 0 Å². The van der Waals surface area contributed by atoms with E-state index in [0.29, 0.717) is 6.04 Å². The molecule has 2 aromatic rings. The molecule has 0 unspecified atom stereocenters. The molecular weight excluding hydrogens is 232 g/mol. The van der Waals surface area contributed by atoms with Crippen molar-refractivity contribution in [3.63, 3.8) is 0 Å². The highest BCUT2D eigenvalue weighted by Gasteiger charge is 2.06. The maximum Gasteiger partial charge on any atom is 0.0495 e. The van der Waals surface area contributed by atoms with Crippen LogP contribution < -0.4 is 5.32 Å². The van der Waals surface area contributed by atoms with Crippen molar-refractivity contribution in [2.75, 3.05) is 6.54 Å². The molecule has 0 aliphatic heterocycles. The second kappa shape index (κ2) is 5.11. The Morgan fingerprint density at radius 1 is 1.35 bits per heavy atom. The Morgan fingerprint density at radius 2 is 2.12 bits per heavy atom. The van der Waals surface area contributed by atoms with Crippen molar-refractivity contribution >= 4 is 22.5 Å². The Morgan fingerprint density at radius 3 is 2.82 bits per heavy atom. The summed E-state index contributed by atoms with van der Waals surface area (Å²) in [6.45, 7) is 5.35. The number of benzene rings is 1. The molecule has 0 amide bonds. The van der Waals surface area contributed by atoms with Crippen molar-refractivity contribution in [1.82, 2.24) is 9.88 Å². The van der Waals surface area contributed by atoms with E-state index in [-0.39, 0.29) is 0 Å². The van der Waals surface area contributed by atoms with E-state index in [4.69, 9.17) is 11.6 Å². The number of hydrogen-bond donors (Lipinski definition) is 1. The van der Waals surface area contributed by atoms with Gasteiger partial charge in [-0.1, -0.05) is 31.5 Å². The summed E-state index contributed by atoms with van der Waals surface area (Å²) in [6, 6.07) is 6.64. The van der Waals surface area contributed by atoms with Gasteiger partial charge in [0.1, 0.15) is 0 Å². The highest BCUT2D eigenvalue weighted by molar-refractivity contribution is 6.31. The van der Waals surface area contributed by atoms with Crippen LogP contribution in [0.15, 0.2) is 24.4 Å². The minimum absolute atomic E-state index is 0.541. The molecule has 0 bridgehead atoms. The summed E-state index contributed by atoms with van der Waals surface area (Å²) in [7, 11) is 2.07. The van der Waals surface area contributed by atoms with Gasteiger partial charge in [-0.25, -0.2) is 0 Å². The van der Waals surface area contributed by atoms with Gasteiger partial charge in [-0.3, -0.25) is 0 Å². The predicted molar refractivity (Wildman–Crippen MR) is 74.8 cm³/mol. The molecule has 0 saturated carbocycles. The van der Waals surface area contributed by atoms with E-state index in [0.717, 1.165) is 18.0 Å². The average molecular weight is 251 g/mol. The van der Waals surface area contributed by atoms with E-state index < -0.39 is 0 Å². The smallest absolute Gasteiger partial charge is 0.0495 e. The fourth-order valence-electron chi connectivity index (χ4n) is 2.14. The third kappa shape index (κ3) is 2.82. The van der Waals surface area contributed by atoms with Crippen molar-refractivity contribution in [2.24, 2.45) is 7.05 Å². The van der Waals surface area contributed by atoms with Crippen LogP contribution in [-0.4, -0.2) is 17.2 Å². The van der Waals surface area contributed by atoms with E-state index in [1.807, 2.05) is 12.1 Å². The lowest BCUT2D eigenvalue weighted by atomic mass is 10.1. The van der Waals surface area contributed by atoms with Gasteiger partial charge in [-0.2, -0.15) is 0 Å². The Hall–Kier alpha value is -0.990. The van der Waals surface area contributed by atoms with Crippen LogP contribution in [-0.2, 0) is 13.5 Å². The Kier molecular flexibility index (Phi) is 3.75. The first kappa shape index (κ1) is 12.5. The maximum absolute atomic E-state index is 6.02. The van der Waals surface area contributed by atoms with Gasteiger partial charge in [0, 0.05) is 35.2 Å². The Bertz CT molecular complexity index is 514. The molecule has 0 spiro atoms. The first-order valence-electron chi connectivity index (χ1n) is 6.05. The van der Waals surface area contributed by atoms with Crippen LogP contribution in [0.3, 0.4) is 0 Å². The average Bonchev–Trinajstić information content (AvgIpc) is 2.55. The number of rotatable bonds is 4. The van der Waals surface area contributed by atoms with Gasteiger partial charge >= 0.3 is 0 Å². The summed E-state index contributed by atoms with van der Waals surface area (Å²) >= 11 is 6.02. The summed E-state index contributed by atoms with van der Waals surface area (Å²) < 4.78 is 2.14. The van der Waals surface area contributed by atoms with Crippen molar-refractivity contribution in [2.45, 2.75) is 26.3 Å². The summed E-state index contributed by atoms with van der Waals surface area (Å²) in [5.74, 6) is 0. The van der Waals surface area contributed by atoms with Crippen molar-refractivity contribution in [3.05, 3.63) is 35.0 Å². The van der Waals surface area contributed by atoms with Crippen LogP contribution in [0.1, 0.15) is 19.4 Å². The molecule has 0 saturated heterocycles. The highest BCUT2D eigenvalue weighted by Crippen LogP contribution is 2.24. The lowest BCUT2D eigenvalue weighted by Crippen LogP contribution is -2.24. The van der Waals surface area contributed by atoms with Crippen LogP contribution in [0.2, 0.25) is 5.02 Å². The predicted octanol–water partition coefficient (Wildman–Crippen LogP) is 3.37. The van der Waals surface area contributed by atoms with Crippen molar-refractivity contribution in [1.29, 1.82) is 0 Å². The third-order valence-electron chi connectivity index (χ3n) is 2.98. The lowest BCUT2D eigenvalue weighted by molar-refractivity contribution is 0.591. The highest BCUT2D eigenvalue weighted by atomic mass is 35.5. The number of hydrogen-bond acceptors (Lipinski definition) is 1. The maximum atomic E-state index is 6.02. The first-order valence-corrected chi connectivity index (χ1v) is 6.42. The fourth-order valence-corrected chi connectivity index (χ4v) is 2.30. The van der Waals surface area contributed by atoms with E-state index in [1.165, 1.54) is 16.5 Å². The number of aryl methyl sites for hydroxylation is 1. The van der Waals surface area contributed by atoms with E-state index in [1.54, 1.807) is 0 Å². The number of fused-ring (bicyclic) bond motifs is 1. The molecule has 0 fully saturated rings. The van der Waals surface area contributed by atoms with Crippen molar-refractivity contribution in [3.8, 4) is 0 Å². The quantitative estimate of drug-likeness (QED) is 0.881. The second-order valence-corrected chi connectivity index (χ2v) is 5.22. The number of halogens is 1. The zero-order chi connectivity index (χ0) is 12.4. The zero-order valence-corrected chi connectivity index (χ0v) is 11.4. The van der Waals surface area contributed by atoms with Crippen LogP contribution in [0.25, 0.3) is 10.9 Å². The molecule has 2 nitrogen and oxygen atoms in total. The fraction of sp³-hybridized carbons (Fsp3) is 0.429. The number of aromatic nitrogens is 1. The Labute approximate surface area is 108 Å². The Balaban J connectivity index is 2.23. The first-order chi connectivity index (χ1) is 8.08. The molecule has 0 aliphatic carbocycles. The largest absolute Gasteiger partial charge is 0.350 e. The number of nitrogens with zero attached hydrogens (tertiary/aromatic N) is 1. The molecule has 1 aromatic carbocycles. The van der Waals surface area contributed by atoms with E-state index in [9.17, 15) is 0 Å². The molecule has 2 rings (SSSR count). The van der Waals surface area contributed by atoms with Crippen LogP contribution >= 0.6 is 11.6 Å². The zero-order valence-electron chi connectivity index (χ0n) is 10.6. The molecular formula is C14H19ClN2. The summed E-state index contributed by atoms with van der Waals surface area (Å²) in [5.41, 5.74) is 2.59. The summed E-state index contributed by atoms with van der Waals surface area (Å²) in [6.07, 6.45) is 3.25. The minimum atomic E-state index is 0.541. The van der Waals surface area contributed by atoms with Crippen LogP contribution in [0.4, 0.5) is 0 Å². The molecule has 1 heterocycles. The van der Waals surface area contributed by atoms with Gasteiger partial charge < -0.3 is 9.88 Å². The summed E-state index contributed by atoms with van der Waals surface area (Å²) in [4.78, 5) is 0. The molecule has 17 heavy (non-hydrogen) atoms. The minimum Gasteiger partial charge on any atom is -0.350 e. The lowest BCUT2D eigenvalue weighted by Gasteiger charge is -2.06. The normalized spacial score (nSPS) is 11.6. The molecule has 0 aliphatic rings. The summed E-state index contributed by atoms with van der Waals surface area (Å²) in [5, 5.41) is 5.55. The van der Waals surface area contributed by atoms with Crippen LogP contribution in [0, 0.1) is 0 Å². The SMILES string of the molecule is CC(C)NCCc1cn(C)c2cc(Cl)ccc12. The standard InChI is InChI=1S/C14H19ClN2/c1-10(2)16-7-6-11-9-17(3)14-8-12(15)4-5-13(11)14/h4-5,8-10,16H,6-7H2,1-3H3. The second-order valence-electron chi connectivity index (χ2n) is 4.79. The molecule has 1 N–H and O–H groups in total. The van der Waals surface area contributed by atoms with Gasteiger partial charge in [0.05, 0.1) is 0 Å². The van der Waals surface area contributed by atoms with Gasteiger partial charge in [0.2, 0.25) is 0 Å². The molecule has 0 radical (unpaired) electrons. The van der Waals surface area contributed by atoms with Gasteiger partial charge in [0.15, 0.2) is 0 Å². The molecule has 1 aromatic heterocycles. The monoisotopic (exact) mass is 250 g/mol. The van der Waals surface area contributed by atoms with E-state index >= 15 is 0 Å². The van der Waals surface area contributed by atoms with Crippen LogP contribution in [0.5, 0.6) is 0 Å². The van der Waals surface area contributed by atoms with E-state index in [2.05, 4.69) is 43.0 Å². The molecule has 0 atom stereocenters. The molecule has 3 heteroatoms.